The first kappa shape index (κ1) is 29.0. The van der Waals surface area contributed by atoms with Crippen LogP contribution in [0.15, 0.2) is 42.6 Å². The molecule has 2 aliphatic heterocycles. The minimum Gasteiger partial charge on any atom is -0.494 e. The van der Waals surface area contributed by atoms with Crippen LogP contribution in [0.4, 0.5) is 42.0 Å². The molecule has 2 amide bonds. The highest BCUT2D eigenvalue weighted by Gasteiger charge is 2.40. The van der Waals surface area contributed by atoms with E-state index < -0.39 is 23.0 Å². The molecule has 0 radical (unpaired) electrons. The molecule has 0 saturated carbocycles. The van der Waals surface area contributed by atoms with E-state index in [9.17, 15) is 22.8 Å². The van der Waals surface area contributed by atoms with E-state index >= 15 is 0 Å². The fourth-order valence-electron chi connectivity index (χ4n) is 5.32. The highest BCUT2D eigenvalue weighted by Crippen LogP contribution is 2.41. The van der Waals surface area contributed by atoms with Gasteiger partial charge in [-0.3, -0.25) is 9.59 Å². The van der Waals surface area contributed by atoms with Gasteiger partial charge in [-0.15, -0.1) is 0 Å². The van der Waals surface area contributed by atoms with Gasteiger partial charge in [0.25, 0.3) is 0 Å². The second kappa shape index (κ2) is 11.0. The van der Waals surface area contributed by atoms with Crippen molar-refractivity contribution in [1.82, 2.24) is 14.9 Å². The summed E-state index contributed by atoms with van der Waals surface area (Å²) in [6, 6.07) is 10.7. The molecule has 222 valence electrons. The summed E-state index contributed by atoms with van der Waals surface area (Å²) in [6.07, 6.45) is -3.96. The lowest BCUT2D eigenvalue weighted by Gasteiger charge is -2.35. The summed E-state index contributed by atoms with van der Waals surface area (Å²) in [5, 5.41) is 8.62. The largest absolute Gasteiger partial charge is 0.494 e. The fourth-order valence-corrected chi connectivity index (χ4v) is 5.32. The van der Waals surface area contributed by atoms with Crippen LogP contribution in [0.2, 0.25) is 0 Å². The average molecular weight is 584 g/mol. The Morgan fingerprint density at radius 1 is 1.14 bits per heavy atom. The first-order valence-corrected chi connectivity index (χ1v) is 13.5. The molecule has 0 unspecified atom stereocenters. The van der Waals surface area contributed by atoms with E-state index in [4.69, 9.17) is 4.74 Å². The van der Waals surface area contributed by atoms with Gasteiger partial charge in [0.1, 0.15) is 17.1 Å². The number of ether oxygens (including phenoxy) is 1. The Bertz CT molecular complexity index is 1520. The molecule has 2 aliphatic rings. The van der Waals surface area contributed by atoms with Crippen LogP contribution in [-0.4, -0.2) is 60.0 Å². The highest BCUT2D eigenvalue weighted by molar-refractivity contribution is 6.06. The van der Waals surface area contributed by atoms with Crippen LogP contribution in [-0.2, 0) is 27.7 Å². The van der Waals surface area contributed by atoms with Gasteiger partial charge in [-0.2, -0.15) is 18.2 Å². The van der Waals surface area contributed by atoms with Gasteiger partial charge in [-0.1, -0.05) is 12.1 Å². The monoisotopic (exact) mass is 583 g/mol. The number of carbonyl (C=O) groups excluding carboxylic acids is 2. The number of aromatic nitrogens is 2. The van der Waals surface area contributed by atoms with Gasteiger partial charge in [0.2, 0.25) is 17.8 Å². The predicted octanol–water partition coefficient (Wildman–Crippen LogP) is 4.76. The third-order valence-electron chi connectivity index (χ3n) is 7.65. The first-order valence-electron chi connectivity index (χ1n) is 13.5. The summed E-state index contributed by atoms with van der Waals surface area (Å²) in [7, 11) is 1.50. The van der Waals surface area contributed by atoms with Crippen molar-refractivity contribution in [2.24, 2.45) is 0 Å². The molecule has 2 aromatic carbocycles. The van der Waals surface area contributed by atoms with Crippen molar-refractivity contribution in [3.63, 3.8) is 0 Å². The number of benzene rings is 2. The number of fused-ring (bicyclic) bond motifs is 1. The molecular formula is C29H32F3N7O3. The number of nitrogens with zero attached hydrogens (tertiary/aromatic N) is 4. The fraction of sp³-hybridized carbons (Fsp3) is 0.379. The molecule has 1 fully saturated rings. The Morgan fingerprint density at radius 3 is 2.55 bits per heavy atom. The Balaban J connectivity index is 1.37. The topological polar surface area (TPSA) is 112 Å². The summed E-state index contributed by atoms with van der Waals surface area (Å²) in [5.74, 6) is -0.124. The number of nitrogens with one attached hydrogen (secondary N) is 3. The number of halogens is 3. The zero-order valence-corrected chi connectivity index (χ0v) is 23.7. The van der Waals surface area contributed by atoms with Crippen LogP contribution in [0.5, 0.6) is 5.75 Å². The summed E-state index contributed by atoms with van der Waals surface area (Å²) in [6.45, 7) is 7.67. The van der Waals surface area contributed by atoms with E-state index in [2.05, 4.69) is 30.8 Å². The van der Waals surface area contributed by atoms with E-state index in [0.717, 1.165) is 17.4 Å². The number of hydrogen-bond donors (Lipinski definition) is 3. The molecule has 0 spiro atoms. The van der Waals surface area contributed by atoms with Gasteiger partial charge in [-0.05, 0) is 43.2 Å². The summed E-state index contributed by atoms with van der Waals surface area (Å²) >= 11 is 0. The van der Waals surface area contributed by atoms with Gasteiger partial charge in [0.05, 0.1) is 18.2 Å². The number of carbonyl (C=O) groups is 2. The summed E-state index contributed by atoms with van der Waals surface area (Å²) in [5.41, 5.74) is 1.57. The average Bonchev–Trinajstić information content (AvgIpc) is 3.19. The van der Waals surface area contributed by atoms with Gasteiger partial charge in [0, 0.05) is 63.3 Å². The quantitative estimate of drug-likeness (QED) is 0.365. The van der Waals surface area contributed by atoms with Crippen molar-refractivity contribution >= 4 is 40.6 Å². The molecule has 0 bridgehead atoms. The van der Waals surface area contributed by atoms with Gasteiger partial charge in [-0.25, -0.2) is 4.98 Å². The van der Waals surface area contributed by atoms with Crippen molar-refractivity contribution in [3.05, 3.63) is 59.3 Å². The van der Waals surface area contributed by atoms with Crippen molar-refractivity contribution in [2.45, 2.75) is 38.9 Å². The van der Waals surface area contributed by atoms with Crippen molar-refractivity contribution < 1.29 is 27.5 Å². The summed E-state index contributed by atoms with van der Waals surface area (Å²) in [4.78, 5) is 36.1. The number of anilines is 5. The van der Waals surface area contributed by atoms with Crippen LogP contribution >= 0.6 is 0 Å². The lowest BCUT2D eigenvalue weighted by molar-refractivity contribution is -0.137. The third-order valence-corrected chi connectivity index (χ3v) is 7.65. The molecule has 1 saturated heterocycles. The minimum absolute atomic E-state index is 0.00993. The van der Waals surface area contributed by atoms with Crippen LogP contribution in [0.25, 0.3) is 0 Å². The van der Waals surface area contributed by atoms with Gasteiger partial charge in [0.15, 0.2) is 0 Å². The molecule has 3 aromatic rings. The lowest BCUT2D eigenvalue weighted by Crippen LogP contribution is -2.48. The molecule has 10 nitrogen and oxygen atoms in total. The molecular weight excluding hydrogens is 551 g/mol. The molecule has 42 heavy (non-hydrogen) atoms. The number of amides is 2. The zero-order valence-electron chi connectivity index (χ0n) is 23.7. The molecule has 13 heteroatoms. The van der Waals surface area contributed by atoms with Gasteiger partial charge >= 0.3 is 6.18 Å². The van der Waals surface area contributed by atoms with E-state index in [-0.39, 0.29) is 24.3 Å². The maximum Gasteiger partial charge on any atom is 0.421 e. The zero-order chi connectivity index (χ0) is 30.2. The van der Waals surface area contributed by atoms with E-state index in [1.807, 2.05) is 12.1 Å². The van der Waals surface area contributed by atoms with Gasteiger partial charge < -0.3 is 30.5 Å². The van der Waals surface area contributed by atoms with Crippen molar-refractivity contribution in [2.75, 3.05) is 54.1 Å². The molecule has 5 rings (SSSR count). The molecule has 0 atom stereocenters. The smallest absolute Gasteiger partial charge is 0.421 e. The van der Waals surface area contributed by atoms with E-state index in [0.29, 0.717) is 48.9 Å². The number of alkyl halides is 3. The van der Waals surface area contributed by atoms with Crippen molar-refractivity contribution in [1.29, 1.82) is 0 Å². The summed E-state index contributed by atoms with van der Waals surface area (Å²) < 4.78 is 47.2. The maximum absolute atomic E-state index is 13.9. The molecule has 3 heterocycles. The van der Waals surface area contributed by atoms with Crippen LogP contribution in [0.1, 0.15) is 37.5 Å². The second-order valence-corrected chi connectivity index (χ2v) is 10.7. The second-order valence-electron chi connectivity index (χ2n) is 10.7. The first-order chi connectivity index (χ1) is 19.9. The number of piperazine rings is 1. The standard InChI is InChI=1S/C29H32F3N7O3/c1-17(40)38-10-12-39(13-11-38)19-8-9-21(23(14-19)42-4)36-27-34-16-20(29(30,31)32)25(37-27)33-15-18-6-5-7-22-24(18)28(2,3)26(41)35-22/h5-9,14,16H,10-13,15H2,1-4H3,(H,35,41)(H2,33,34,36,37). The van der Waals surface area contributed by atoms with Crippen LogP contribution in [0, 0.1) is 0 Å². The maximum atomic E-state index is 13.9. The Morgan fingerprint density at radius 2 is 1.88 bits per heavy atom. The predicted molar refractivity (Wildman–Crippen MR) is 153 cm³/mol. The SMILES string of the molecule is COc1cc(N2CCN(C(C)=O)CC2)ccc1Nc1ncc(C(F)(F)F)c(NCc2cccc3c2C(C)(C)C(=O)N3)n1. The highest BCUT2D eigenvalue weighted by atomic mass is 19.4. The molecule has 3 N–H and O–H groups in total. The van der Waals surface area contributed by atoms with Crippen LogP contribution < -0.4 is 25.6 Å². The van der Waals surface area contributed by atoms with Crippen LogP contribution in [0.3, 0.4) is 0 Å². The lowest BCUT2D eigenvalue weighted by atomic mass is 9.83. The number of methoxy groups -OCH3 is 1. The number of hydrogen-bond acceptors (Lipinski definition) is 8. The normalized spacial score (nSPS) is 16.1. The Hall–Kier alpha value is -4.55. The Kier molecular flexibility index (Phi) is 7.60. The Labute approximate surface area is 241 Å². The number of rotatable bonds is 7. The third kappa shape index (κ3) is 5.63. The van der Waals surface area contributed by atoms with E-state index in [1.165, 1.54) is 7.11 Å². The molecule has 0 aliphatic carbocycles. The minimum atomic E-state index is -4.69. The molecule has 1 aromatic heterocycles. The van der Waals surface area contributed by atoms with E-state index in [1.54, 1.807) is 49.9 Å². The van der Waals surface area contributed by atoms with Crippen molar-refractivity contribution in [3.8, 4) is 5.75 Å².